The molecule has 134 valence electrons. The summed E-state index contributed by atoms with van der Waals surface area (Å²) in [7, 11) is 0. The number of benzene rings is 2. The van der Waals surface area contributed by atoms with Crippen LogP contribution in [0.1, 0.15) is 16.8 Å². The zero-order valence-corrected chi connectivity index (χ0v) is 14.8. The Morgan fingerprint density at radius 1 is 1.07 bits per heavy atom. The molecular weight excluding hydrogens is 338 g/mol. The second-order valence-corrected chi connectivity index (χ2v) is 6.87. The van der Waals surface area contributed by atoms with Crippen molar-refractivity contribution >= 4 is 27.7 Å². The molecule has 0 aliphatic carbocycles. The van der Waals surface area contributed by atoms with E-state index in [-0.39, 0.29) is 12.0 Å². The molecule has 5 rings (SSSR count). The van der Waals surface area contributed by atoms with E-state index in [1.165, 1.54) is 0 Å². The third-order valence-electron chi connectivity index (χ3n) is 5.11. The first kappa shape index (κ1) is 15.9. The van der Waals surface area contributed by atoms with Crippen LogP contribution in [0.4, 0.5) is 0 Å². The molecule has 3 heterocycles. The number of H-pyrrole nitrogens is 1. The second kappa shape index (κ2) is 6.43. The molecule has 0 saturated carbocycles. The molecule has 1 N–H and O–H groups in total. The minimum Gasteiger partial charge on any atom is -0.472 e. The lowest BCUT2D eigenvalue weighted by Crippen LogP contribution is -2.30. The van der Waals surface area contributed by atoms with Crippen LogP contribution >= 0.6 is 0 Å². The number of carbonyl (C=O) groups is 1. The van der Waals surface area contributed by atoms with Crippen LogP contribution in [0.5, 0.6) is 5.88 Å². The molecule has 1 aliphatic rings. The number of fused-ring (bicyclic) bond motifs is 2. The van der Waals surface area contributed by atoms with Crippen molar-refractivity contribution in [2.45, 2.75) is 12.5 Å². The first-order valence-electron chi connectivity index (χ1n) is 9.16. The number of carbonyl (C=O) groups excluding carboxylic acids is 1. The molecule has 1 atom stereocenters. The van der Waals surface area contributed by atoms with Crippen LogP contribution < -0.4 is 4.74 Å². The van der Waals surface area contributed by atoms with E-state index in [1.54, 1.807) is 6.20 Å². The van der Waals surface area contributed by atoms with Crippen LogP contribution in [0.25, 0.3) is 21.8 Å². The number of nitrogens with one attached hydrogen (secondary N) is 1. The van der Waals surface area contributed by atoms with E-state index < -0.39 is 0 Å². The topological polar surface area (TPSA) is 58.2 Å². The minimum absolute atomic E-state index is 0.0344. The number of para-hydroxylation sites is 2. The van der Waals surface area contributed by atoms with Crippen molar-refractivity contribution < 1.29 is 9.53 Å². The molecule has 5 heteroatoms. The molecule has 0 bridgehead atoms. The summed E-state index contributed by atoms with van der Waals surface area (Å²) < 4.78 is 6.06. The lowest BCUT2D eigenvalue weighted by atomic mass is 10.1. The summed E-state index contributed by atoms with van der Waals surface area (Å²) in [5.74, 6) is 0.658. The van der Waals surface area contributed by atoms with E-state index in [4.69, 9.17) is 4.74 Å². The van der Waals surface area contributed by atoms with Gasteiger partial charge < -0.3 is 14.6 Å². The highest BCUT2D eigenvalue weighted by Gasteiger charge is 2.29. The van der Waals surface area contributed by atoms with Gasteiger partial charge in [0.25, 0.3) is 5.91 Å². The number of aromatic amines is 1. The lowest BCUT2D eigenvalue weighted by Gasteiger charge is -2.17. The summed E-state index contributed by atoms with van der Waals surface area (Å²) in [6.07, 6.45) is 2.57. The Kier molecular flexibility index (Phi) is 3.78. The van der Waals surface area contributed by atoms with Gasteiger partial charge in [0.2, 0.25) is 5.88 Å². The lowest BCUT2D eigenvalue weighted by molar-refractivity contribution is 0.0773. The average molecular weight is 357 g/mol. The molecule has 1 fully saturated rings. The standard InChI is InChI=1S/C22H19N3O2/c26-22(18-13-23-20-8-4-2-6-17(18)20)25-12-11-16(14-25)27-21-10-9-15-5-1-3-7-19(15)24-21/h1-10,13,16,23H,11-12,14H2. The fourth-order valence-electron chi connectivity index (χ4n) is 3.71. The summed E-state index contributed by atoms with van der Waals surface area (Å²) in [4.78, 5) is 22.5. The van der Waals surface area contributed by atoms with Gasteiger partial charge in [-0.15, -0.1) is 0 Å². The summed E-state index contributed by atoms with van der Waals surface area (Å²) in [6, 6.07) is 19.8. The number of likely N-dealkylation sites (tertiary alicyclic amines) is 1. The van der Waals surface area contributed by atoms with E-state index in [2.05, 4.69) is 9.97 Å². The van der Waals surface area contributed by atoms with Crippen LogP contribution in [-0.4, -0.2) is 40.0 Å². The van der Waals surface area contributed by atoms with Gasteiger partial charge in [0.15, 0.2) is 0 Å². The van der Waals surface area contributed by atoms with Crippen molar-refractivity contribution in [2.24, 2.45) is 0 Å². The molecule has 2 aromatic heterocycles. The van der Waals surface area contributed by atoms with Gasteiger partial charge in [-0.25, -0.2) is 4.98 Å². The van der Waals surface area contributed by atoms with E-state index in [0.717, 1.165) is 33.8 Å². The van der Waals surface area contributed by atoms with Gasteiger partial charge in [0.05, 0.1) is 17.6 Å². The Hall–Kier alpha value is -3.34. The normalized spacial score (nSPS) is 16.9. The van der Waals surface area contributed by atoms with Crippen LogP contribution in [0.15, 0.2) is 66.9 Å². The third kappa shape index (κ3) is 2.91. The monoisotopic (exact) mass is 357 g/mol. The SMILES string of the molecule is O=C(c1c[nH]c2ccccc12)N1CCC(Oc2ccc3ccccc3n2)C1. The van der Waals surface area contributed by atoms with Crippen molar-refractivity contribution in [3.8, 4) is 5.88 Å². The second-order valence-electron chi connectivity index (χ2n) is 6.87. The molecule has 1 aliphatic heterocycles. The quantitative estimate of drug-likeness (QED) is 0.603. The summed E-state index contributed by atoms with van der Waals surface area (Å²) in [6.45, 7) is 1.27. The molecule has 5 nitrogen and oxygen atoms in total. The van der Waals surface area contributed by atoms with Gasteiger partial charge in [0, 0.05) is 41.5 Å². The number of pyridine rings is 1. The van der Waals surface area contributed by atoms with E-state index in [9.17, 15) is 4.79 Å². The maximum Gasteiger partial charge on any atom is 0.256 e. The highest BCUT2D eigenvalue weighted by molar-refractivity contribution is 6.06. The number of aromatic nitrogens is 2. The van der Waals surface area contributed by atoms with Crippen molar-refractivity contribution in [1.82, 2.24) is 14.9 Å². The molecule has 4 aromatic rings. The molecule has 1 amide bonds. The van der Waals surface area contributed by atoms with E-state index in [0.29, 0.717) is 19.0 Å². The molecule has 0 spiro atoms. The maximum absolute atomic E-state index is 12.9. The van der Waals surface area contributed by atoms with E-state index >= 15 is 0 Å². The molecule has 1 saturated heterocycles. The van der Waals surface area contributed by atoms with Crippen molar-refractivity contribution in [3.05, 3.63) is 72.4 Å². The van der Waals surface area contributed by atoms with Crippen molar-refractivity contribution in [1.29, 1.82) is 0 Å². The zero-order chi connectivity index (χ0) is 18.2. The van der Waals surface area contributed by atoms with Crippen molar-refractivity contribution in [3.63, 3.8) is 0 Å². The maximum atomic E-state index is 12.9. The van der Waals surface area contributed by atoms with Gasteiger partial charge in [-0.3, -0.25) is 4.79 Å². The zero-order valence-electron chi connectivity index (χ0n) is 14.8. The summed E-state index contributed by atoms with van der Waals surface area (Å²) >= 11 is 0. The first-order chi connectivity index (χ1) is 13.3. The molecule has 0 radical (unpaired) electrons. The number of hydrogen-bond donors (Lipinski definition) is 1. The Labute approximate surface area is 156 Å². The molecular formula is C22H19N3O2. The number of ether oxygens (including phenoxy) is 1. The molecule has 2 aromatic carbocycles. The average Bonchev–Trinajstić information content (AvgIpc) is 3.34. The fraction of sp³-hybridized carbons (Fsp3) is 0.182. The molecule has 27 heavy (non-hydrogen) atoms. The number of rotatable bonds is 3. The fourth-order valence-corrected chi connectivity index (χ4v) is 3.71. The number of amides is 1. The Bertz CT molecular complexity index is 1130. The van der Waals surface area contributed by atoms with Gasteiger partial charge in [-0.05, 0) is 18.2 Å². The molecule has 1 unspecified atom stereocenters. The van der Waals surface area contributed by atoms with Crippen LogP contribution in [0.3, 0.4) is 0 Å². The highest BCUT2D eigenvalue weighted by atomic mass is 16.5. The van der Waals surface area contributed by atoms with Gasteiger partial charge in [0.1, 0.15) is 6.10 Å². The Balaban J connectivity index is 1.31. The van der Waals surface area contributed by atoms with Gasteiger partial charge >= 0.3 is 0 Å². The third-order valence-corrected chi connectivity index (χ3v) is 5.11. The smallest absolute Gasteiger partial charge is 0.256 e. The van der Waals surface area contributed by atoms with Crippen LogP contribution in [-0.2, 0) is 0 Å². The van der Waals surface area contributed by atoms with E-state index in [1.807, 2.05) is 65.6 Å². The van der Waals surface area contributed by atoms with Crippen molar-refractivity contribution in [2.75, 3.05) is 13.1 Å². The Morgan fingerprint density at radius 3 is 2.89 bits per heavy atom. The minimum atomic E-state index is -0.0344. The first-order valence-corrected chi connectivity index (χ1v) is 9.16. The Morgan fingerprint density at radius 2 is 1.93 bits per heavy atom. The van der Waals surface area contributed by atoms with Crippen LogP contribution in [0.2, 0.25) is 0 Å². The predicted molar refractivity (Wildman–Crippen MR) is 105 cm³/mol. The summed E-state index contributed by atoms with van der Waals surface area (Å²) in [5.41, 5.74) is 2.61. The largest absolute Gasteiger partial charge is 0.472 e. The number of hydrogen-bond acceptors (Lipinski definition) is 3. The van der Waals surface area contributed by atoms with Gasteiger partial charge in [-0.1, -0.05) is 36.4 Å². The van der Waals surface area contributed by atoms with Crippen LogP contribution in [0, 0.1) is 0 Å². The van der Waals surface area contributed by atoms with Gasteiger partial charge in [-0.2, -0.15) is 0 Å². The highest BCUT2D eigenvalue weighted by Crippen LogP contribution is 2.24. The summed E-state index contributed by atoms with van der Waals surface area (Å²) in [5, 5.41) is 2.05. The number of nitrogens with zero attached hydrogens (tertiary/aromatic N) is 2. The predicted octanol–water partition coefficient (Wildman–Crippen LogP) is 4.01.